The summed E-state index contributed by atoms with van der Waals surface area (Å²) >= 11 is 6.13. The van der Waals surface area contributed by atoms with Crippen LogP contribution in [0, 0.1) is 0 Å². The molecule has 0 aliphatic rings. The maximum Gasteiger partial charge on any atom is 0.0450 e. The minimum atomic E-state index is 0.434. The van der Waals surface area contributed by atoms with Gasteiger partial charge in [0.15, 0.2) is 0 Å². The van der Waals surface area contributed by atoms with Gasteiger partial charge in [-0.2, -0.15) is 0 Å². The normalized spacial score (nSPS) is 12.3. The number of hydrogen-bond acceptors (Lipinski definition) is 1. The maximum atomic E-state index is 6.13. The van der Waals surface area contributed by atoms with Gasteiger partial charge in [0.25, 0.3) is 0 Å². The lowest BCUT2D eigenvalue weighted by molar-refractivity contribution is 0.545. The van der Waals surface area contributed by atoms with Crippen molar-refractivity contribution in [3.8, 4) is 0 Å². The van der Waals surface area contributed by atoms with E-state index < -0.39 is 0 Å². The highest BCUT2D eigenvalue weighted by atomic mass is 35.5. The summed E-state index contributed by atoms with van der Waals surface area (Å²) in [6.07, 6.45) is 1.03. The Bertz CT molecular complexity index is 481. The van der Waals surface area contributed by atoms with Crippen LogP contribution in [0.5, 0.6) is 0 Å². The molecule has 1 atom stereocenters. The highest BCUT2D eigenvalue weighted by molar-refractivity contribution is 6.31. The Morgan fingerprint density at radius 1 is 1.00 bits per heavy atom. The van der Waals surface area contributed by atoms with Gasteiger partial charge in [-0.15, -0.1) is 0 Å². The van der Waals surface area contributed by atoms with Gasteiger partial charge in [0.1, 0.15) is 0 Å². The molecule has 2 rings (SSSR count). The van der Waals surface area contributed by atoms with Crippen molar-refractivity contribution in [3.63, 3.8) is 0 Å². The predicted octanol–water partition coefficient (Wildman–Crippen LogP) is 4.06. The molecule has 2 aromatic rings. The first kappa shape index (κ1) is 13.1. The van der Waals surface area contributed by atoms with Gasteiger partial charge < -0.3 is 5.32 Å². The molecule has 0 heterocycles. The Labute approximate surface area is 114 Å². The number of halogens is 1. The Kier molecular flexibility index (Phi) is 4.80. The molecule has 2 heteroatoms. The van der Waals surface area contributed by atoms with Crippen molar-refractivity contribution in [1.29, 1.82) is 0 Å². The molecule has 1 N–H and O–H groups in total. The molecular formula is C16H18ClN. The van der Waals surface area contributed by atoms with Crippen molar-refractivity contribution in [1.82, 2.24) is 5.32 Å². The Hall–Kier alpha value is -1.31. The number of benzene rings is 2. The number of hydrogen-bond donors (Lipinski definition) is 1. The van der Waals surface area contributed by atoms with Crippen LogP contribution in [0.25, 0.3) is 0 Å². The molecule has 0 aliphatic heterocycles. The summed E-state index contributed by atoms with van der Waals surface area (Å²) in [5.74, 6) is 0. The average Bonchev–Trinajstić information content (AvgIpc) is 2.39. The predicted molar refractivity (Wildman–Crippen MR) is 77.9 cm³/mol. The van der Waals surface area contributed by atoms with Crippen LogP contribution in [0.2, 0.25) is 5.02 Å². The Morgan fingerprint density at radius 3 is 2.39 bits per heavy atom. The van der Waals surface area contributed by atoms with E-state index in [-0.39, 0.29) is 0 Å². The number of rotatable bonds is 5. The fraction of sp³-hybridized carbons (Fsp3) is 0.250. The molecule has 0 saturated carbocycles. The highest BCUT2D eigenvalue weighted by Gasteiger charge is 2.04. The second kappa shape index (κ2) is 6.58. The van der Waals surface area contributed by atoms with Crippen LogP contribution in [0.15, 0.2) is 54.6 Å². The van der Waals surface area contributed by atoms with Gasteiger partial charge in [-0.25, -0.2) is 0 Å². The van der Waals surface area contributed by atoms with Gasteiger partial charge in [-0.05, 0) is 30.5 Å². The average molecular weight is 260 g/mol. The summed E-state index contributed by atoms with van der Waals surface area (Å²) in [5.41, 5.74) is 2.51. The molecule has 0 amide bonds. The molecule has 0 aliphatic carbocycles. The summed E-state index contributed by atoms with van der Waals surface area (Å²) in [6.45, 7) is 3.01. The van der Waals surface area contributed by atoms with E-state index in [1.54, 1.807) is 0 Å². The van der Waals surface area contributed by atoms with Crippen molar-refractivity contribution in [3.05, 3.63) is 70.7 Å². The smallest absolute Gasteiger partial charge is 0.0450 e. The van der Waals surface area contributed by atoms with E-state index in [0.29, 0.717) is 6.04 Å². The second-order valence-corrected chi connectivity index (χ2v) is 4.97. The zero-order chi connectivity index (χ0) is 12.8. The van der Waals surface area contributed by atoms with E-state index in [1.807, 2.05) is 24.3 Å². The third-order valence-electron chi connectivity index (χ3n) is 2.98. The van der Waals surface area contributed by atoms with Crippen molar-refractivity contribution in [2.24, 2.45) is 0 Å². The summed E-state index contributed by atoms with van der Waals surface area (Å²) in [5, 5.41) is 4.33. The zero-order valence-electron chi connectivity index (χ0n) is 10.6. The molecule has 0 unspecified atom stereocenters. The Balaban J connectivity index is 1.86. The van der Waals surface area contributed by atoms with Crippen LogP contribution < -0.4 is 5.32 Å². The molecule has 0 radical (unpaired) electrons. The maximum absolute atomic E-state index is 6.13. The molecular weight excluding hydrogens is 242 g/mol. The van der Waals surface area contributed by atoms with Gasteiger partial charge in [0.2, 0.25) is 0 Å². The quantitative estimate of drug-likeness (QED) is 0.854. The first-order valence-electron chi connectivity index (χ1n) is 6.26. The van der Waals surface area contributed by atoms with Crippen molar-refractivity contribution >= 4 is 11.6 Å². The highest BCUT2D eigenvalue weighted by Crippen LogP contribution is 2.14. The monoisotopic (exact) mass is 259 g/mol. The third kappa shape index (κ3) is 3.86. The molecule has 1 nitrogen and oxygen atoms in total. The van der Waals surface area contributed by atoms with Crippen LogP contribution >= 0.6 is 11.6 Å². The fourth-order valence-corrected chi connectivity index (χ4v) is 2.17. The van der Waals surface area contributed by atoms with Crippen molar-refractivity contribution in [2.75, 3.05) is 0 Å². The van der Waals surface area contributed by atoms with E-state index in [4.69, 9.17) is 11.6 Å². The molecule has 0 bridgehead atoms. The molecule has 2 aromatic carbocycles. The lowest BCUT2D eigenvalue weighted by Gasteiger charge is -2.14. The van der Waals surface area contributed by atoms with E-state index in [1.165, 1.54) is 5.56 Å². The molecule has 0 aromatic heterocycles. The molecule has 0 saturated heterocycles. The lowest BCUT2D eigenvalue weighted by atomic mass is 10.1. The summed E-state index contributed by atoms with van der Waals surface area (Å²) in [6, 6.07) is 18.9. The van der Waals surface area contributed by atoms with Gasteiger partial charge in [-0.1, -0.05) is 60.1 Å². The number of nitrogens with one attached hydrogen (secondary N) is 1. The fourth-order valence-electron chi connectivity index (χ4n) is 1.97. The van der Waals surface area contributed by atoms with Crippen LogP contribution in [0.4, 0.5) is 0 Å². The minimum absolute atomic E-state index is 0.434. The third-order valence-corrected chi connectivity index (χ3v) is 3.35. The van der Waals surface area contributed by atoms with E-state index in [2.05, 4.69) is 42.6 Å². The standard InChI is InChI=1S/C16H18ClN/c1-13(11-14-7-3-2-4-8-14)18-12-15-9-5-6-10-16(15)17/h2-10,13,18H,11-12H2,1H3/t13-/m1/s1. The van der Waals surface area contributed by atoms with E-state index in [0.717, 1.165) is 23.6 Å². The topological polar surface area (TPSA) is 12.0 Å². The van der Waals surface area contributed by atoms with E-state index >= 15 is 0 Å². The summed E-state index contributed by atoms with van der Waals surface area (Å²) < 4.78 is 0. The van der Waals surface area contributed by atoms with Gasteiger partial charge in [-0.3, -0.25) is 0 Å². The van der Waals surface area contributed by atoms with Gasteiger partial charge in [0.05, 0.1) is 0 Å². The van der Waals surface area contributed by atoms with E-state index in [9.17, 15) is 0 Å². The molecule has 0 fully saturated rings. The van der Waals surface area contributed by atoms with Crippen molar-refractivity contribution in [2.45, 2.75) is 25.9 Å². The molecule has 18 heavy (non-hydrogen) atoms. The second-order valence-electron chi connectivity index (χ2n) is 4.56. The Morgan fingerprint density at radius 2 is 1.67 bits per heavy atom. The summed E-state index contributed by atoms with van der Waals surface area (Å²) in [7, 11) is 0. The first-order valence-corrected chi connectivity index (χ1v) is 6.64. The van der Waals surface area contributed by atoms with Crippen LogP contribution in [-0.2, 0) is 13.0 Å². The lowest BCUT2D eigenvalue weighted by Crippen LogP contribution is -2.27. The SMILES string of the molecule is C[C@H](Cc1ccccc1)NCc1ccccc1Cl. The minimum Gasteiger partial charge on any atom is -0.310 e. The van der Waals surface area contributed by atoms with Crippen LogP contribution in [0.1, 0.15) is 18.1 Å². The molecule has 94 valence electrons. The largest absolute Gasteiger partial charge is 0.310 e. The summed E-state index contributed by atoms with van der Waals surface area (Å²) in [4.78, 5) is 0. The first-order chi connectivity index (χ1) is 8.75. The van der Waals surface area contributed by atoms with Gasteiger partial charge >= 0.3 is 0 Å². The van der Waals surface area contributed by atoms with Crippen molar-refractivity contribution < 1.29 is 0 Å². The van der Waals surface area contributed by atoms with Gasteiger partial charge in [0, 0.05) is 17.6 Å². The zero-order valence-corrected chi connectivity index (χ0v) is 11.3. The van der Waals surface area contributed by atoms with Crippen LogP contribution in [-0.4, -0.2) is 6.04 Å². The van der Waals surface area contributed by atoms with Crippen LogP contribution in [0.3, 0.4) is 0 Å². The molecule has 0 spiro atoms.